The third-order valence-electron chi connectivity index (χ3n) is 4.50. The number of carbonyl (C=O) groups excluding carboxylic acids is 1. The molecule has 1 aromatic heterocycles. The Balaban J connectivity index is 2.05. The van der Waals surface area contributed by atoms with Gasteiger partial charge >= 0.3 is 19.4 Å². The number of nitrogens with one attached hydrogen (secondary N) is 1. The van der Waals surface area contributed by atoms with E-state index in [1.54, 1.807) is 34.6 Å². The van der Waals surface area contributed by atoms with Crippen molar-refractivity contribution < 1.29 is 37.0 Å². The number of alkyl halides is 2. The van der Waals surface area contributed by atoms with E-state index in [0.717, 1.165) is 24.0 Å². The summed E-state index contributed by atoms with van der Waals surface area (Å²) in [6.07, 6.45) is -5.19. The molecule has 2 rings (SSSR count). The van der Waals surface area contributed by atoms with Crippen molar-refractivity contribution in [3.63, 3.8) is 0 Å². The van der Waals surface area contributed by atoms with E-state index in [9.17, 15) is 28.0 Å². The van der Waals surface area contributed by atoms with Gasteiger partial charge in [-0.2, -0.15) is 13.8 Å². The van der Waals surface area contributed by atoms with Crippen LogP contribution in [-0.4, -0.2) is 62.9 Å². The summed E-state index contributed by atoms with van der Waals surface area (Å²) in [5, 5.41) is 12.6. The van der Waals surface area contributed by atoms with E-state index in [4.69, 9.17) is 19.5 Å². The summed E-state index contributed by atoms with van der Waals surface area (Å²) in [5.41, 5.74) is 3.74. The third kappa shape index (κ3) is 7.30. The first-order chi connectivity index (χ1) is 15.6. The number of nitrogens with zero attached hydrogens (tertiary/aromatic N) is 2. The Bertz CT molecular complexity index is 973. The predicted octanol–water partition coefficient (Wildman–Crippen LogP) is 2.16. The Morgan fingerprint density at radius 3 is 2.65 bits per heavy atom. The molecule has 4 N–H and O–H groups in total. The Labute approximate surface area is 200 Å². The number of rotatable bonds is 10. The summed E-state index contributed by atoms with van der Waals surface area (Å²) >= 11 is 1.01. The van der Waals surface area contributed by atoms with E-state index in [2.05, 4.69) is 10.1 Å². The molecular weight excluding hydrogens is 497 g/mol. The van der Waals surface area contributed by atoms with Gasteiger partial charge in [0.1, 0.15) is 11.9 Å². The van der Waals surface area contributed by atoms with Crippen LogP contribution in [0.1, 0.15) is 40.8 Å². The fourth-order valence-electron chi connectivity index (χ4n) is 2.82. The minimum Gasteiger partial charge on any atom is -0.384 e. The van der Waals surface area contributed by atoms with Crippen LogP contribution in [0.4, 0.5) is 14.6 Å². The van der Waals surface area contributed by atoms with Gasteiger partial charge in [-0.05, 0) is 19.9 Å². The predicted molar refractivity (Wildman–Crippen MR) is 122 cm³/mol. The van der Waals surface area contributed by atoms with Crippen molar-refractivity contribution in [2.45, 2.75) is 65.0 Å². The quantitative estimate of drug-likeness (QED) is 0.302. The number of ether oxygens (including phenoxy) is 1. The number of aliphatic hydroxyl groups excluding tert-OH is 1. The fraction of sp³-hybridized carbons (Fsp3) is 0.737. The molecule has 0 spiro atoms. The molecule has 11 nitrogen and oxygen atoms in total. The van der Waals surface area contributed by atoms with Crippen LogP contribution in [0.15, 0.2) is 17.1 Å². The average Bonchev–Trinajstić information content (AvgIpc) is 2.92. The fourth-order valence-corrected chi connectivity index (χ4v) is 5.26. The molecule has 1 aromatic rings. The summed E-state index contributed by atoms with van der Waals surface area (Å²) < 4.78 is 58.7. The smallest absolute Gasteiger partial charge is 0.384 e. The maximum absolute atomic E-state index is 14.7. The normalized spacial score (nSPS) is 24.3. The van der Waals surface area contributed by atoms with E-state index >= 15 is 0 Å². The molecule has 1 saturated heterocycles. The van der Waals surface area contributed by atoms with Gasteiger partial charge in [0.15, 0.2) is 11.2 Å². The topological polar surface area (TPSA) is 155 Å². The van der Waals surface area contributed by atoms with Crippen LogP contribution in [0.3, 0.4) is 0 Å². The number of hydrogen-bond acceptors (Lipinski definition) is 10. The molecule has 0 amide bonds. The van der Waals surface area contributed by atoms with Gasteiger partial charge in [0.05, 0.1) is 13.2 Å². The summed E-state index contributed by atoms with van der Waals surface area (Å²) in [6.45, 7) is 7.79. The highest BCUT2D eigenvalue weighted by Crippen LogP contribution is 2.47. The van der Waals surface area contributed by atoms with Crippen molar-refractivity contribution in [2.75, 3.05) is 24.7 Å². The first kappa shape index (κ1) is 28.8. The lowest BCUT2D eigenvalue weighted by atomic mass is 10.00. The Morgan fingerprint density at radius 1 is 1.44 bits per heavy atom. The molecule has 0 aliphatic carbocycles. The highest BCUT2D eigenvalue weighted by molar-refractivity contribution is 8.13. The second-order valence-electron chi connectivity index (χ2n) is 8.98. The molecule has 0 aromatic carbocycles. The lowest BCUT2D eigenvalue weighted by Gasteiger charge is -2.24. The van der Waals surface area contributed by atoms with E-state index in [-0.39, 0.29) is 29.3 Å². The van der Waals surface area contributed by atoms with Gasteiger partial charge < -0.3 is 15.6 Å². The van der Waals surface area contributed by atoms with Crippen LogP contribution >= 0.6 is 19.5 Å². The largest absolute Gasteiger partial charge is 0.405 e. The Morgan fingerprint density at radius 2 is 2.09 bits per heavy atom. The molecule has 0 bridgehead atoms. The molecule has 34 heavy (non-hydrogen) atoms. The van der Waals surface area contributed by atoms with E-state index < -0.39 is 49.8 Å². The molecule has 194 valence electrons. The maximum Gasteiger partial charge on any atom is 0.405 e. The number of halogens is 2. The molecule has 15 heteroatoms. The minimum atomic E-state index is -4.01. The lowest BCUT2D eigenvalue weighted by molar-refractivity contribution is -0.140. The van der Waals surface area contributed by atoms with Crippen molar-refractivity contribution in [3.05, 3.63) is 22.7 Å². The average molecular weight is 529 g/mol. The first-order valence-electron chi connectivity index (χ1n) is 10.5. The second-order valence-corrected chi connectivity index (χ2v) is 11.8. The van der Waals surface area contributed by atoms with Gasteiger partial charge in [-0.25, -0.2) is 14.4 Å². The van der Waals surface area contributed by atoms with Gasteiger partial charge in [-0.1, -0.05) is 32.5 Å². The van der Waals surface area contributed by atoms with Crippen LogP contribution in [-0.2, 0) is 23.1 Å². The monoisotopic (exact) mass is 528 g/mol. The van der Waals surface area contributed by atoms with Crippen molar-refractivity contribution in [3.8, 4) is 0 Å². The number of nitrogen functional groups attached to an aromatic ring is 1. The maximum atomic E-state index is 14.7. The van der Waals surface area contributed by atoms with Crippen LogP contribution in [0.5, 0.6) is 0 Å². The van der Waals surface area contributed by atoms with Gasteiger partial charge in [-0.15, -0.1) is 0 Å². The van der Waals surface area contributed by atoms with E-state index in [1.807, 2.05) is 0 Å². The summed E-state index contributed by atoms with van der Waals surface area (Å²) in [6, 6.07) is 0.770. The minimum absolute atomic E-state index is 0.0770. The SMILES string of the molecule is CC(C)NP(=O)(OCCSC(=O)C(C)(C)C)OC[C@H]1O[C@@H](n2ccc(N)nc2=O)C(F)(F)[C@@H]1O. The van der Waals surface area contributed by atoms with Crippen LogP contribution in [0, 0.1) is 5.41 Å². The molecule has 1 aliphatic rings. The molecule has 1 unspecified atom stereocenters. The van der Waals surface area contributed by atoms with E-state index in [1.165, 1.54) is 0 Å². The molecule has 0 radical (unpaired) electrons. The number of nitrogens with two attached hydrogens (primary N) is 1. The van der Waals surface area contributed by atoms with Crippen LogP contribution < -0.4 is 16.5 Å². The number of hydrogen-bond donors (Lipinski definition) is 3. The molecule has 1 fully saturated rings. The number of carbonyl (C=O) groups is 1. The standard InChI is InChI=1S/C19H31F2N4O7PS/c1-11(2)24-33(29,30-8-9-34-16(27)18(3,4)5)31-10-12-14(26)19(20,21)15(32-12)25-7-6-13(22)23-17(25)28/h6-7,11-12,14-15,26H,8-10H2,1-5H3,(H,24,29)(H2,22,23,28)/t12-,14-,15-,33?/m1/s1. The molecule has 2 heterocycles. The number of anilines is 1. The van der Waals surface area contributed by atoms with Crippen molar-refractivity contribution in [1.82, 2.24) is 14.6 Å². The molecule has 4 atom stereocenters. The molecule has 0 saturated carbocycles. The van der Waals surface area contributed by atoms with Gasteiger partial charge in [0, 0.05) is 23.4 Å². The zero-order valence-electron chi connectivity index (χ0n) is 19.6. The Kier molecular flexibility index (Phi) is 9.42. The van der Waals surface area contributed by atoms with Crippen molar-refractivity contribution in [1.29, 1.82) is 0 Å². The number of thioether (sulfide) groups is 1. The van der Waals surface area contributed by atoms with Crippen LogP contribution in [0.25, 0.3) is 0 Å². The van der Waals surface area contributed by atoms with Gasteiger partial charge in [0.2, 0.25) is 6.23 Å². The summed E-state index contributed by atoms with van der Waals surface area (Å²) in [4.78, 5) is 27.3. The van der Waals surface area contributed by atoms with Crippen LogP contribution in [0.2, 0.25) is 0 Å². The number of aliphatic hydroxyl groups is 1. The van der Waals surface area contributed by atoms with E-state index in [0.29, 0.717) is 4.57 Å². The molecular formula is C19H31F2N4O7PS. The summed E-state index contributed by atoms with van der Waals surface area (Å²) in [7, 11) is -4.01. The first-order valence-corrected chi connectivity index (χ1v) is 13.0. The van der Waals surface area contributed by atoms with Crippen molar-refractivity contribution in [2.24, 2.45) is 5.41 Å². The third-order valence-corrected chi connectivity index (χ3v) is 7.59. The lowest BCUT2D eigenvalue weighted by Crippen LogP contribution is -2.42. The highest BCUT2D eigenvalue weighted by atomic mass is 32.2. The summed E-state index contributed by atoms with van der Waals surface area (Å²) in [5.74, 6) is -3.85. The zero-order valence-corrected chi connectivity index (χ0v) is 21.3. The molecule has 1 aliphatic heterocycles. The zero-order chi connectivity index (χ0) is 25.9. The Hall–Kier alpha value is -1.41. The van der Waals surface area contributed by atoms with Gasteiger partial charge in [0.25, 0.3) is 0 Å². The second kappa shape index (κ2) is 11.1. The van der Waals surface area contributed by atoms with Gasteiger partial charge in [-0.3, -0.25) is 18.4 Å². The van der Waals surface area contributed by atoms with Crippen molar-refractivity contribution >= 4 is 30.4 Å². The highest BCUT2D eigenvalue weighted by Gasteiger charge is 2.60. The number of aromatic nitrogens is 2.